The maximum atomic E-state index is 13.4. The standard InChI is InChI=1S/C23H22ClF3N2O2/c24-18-8-5-16(23(25,26)27)13-15(18)14-31-22(9-10-22)21(30)29-12-11-28(17-6-7-17)19-3-1-2-4-20(19)29/h1-5,8,13,17H,6-7,9-12,14H2. The van der Waals surface area contributed by atoms with Crippen molar-refractivity contribution in [1.29, 1.82) is 0 Å². The quantitative estimate of drug-likeness (QED) is 0.609. The maximum Gasteiger partial charge on any atom is 0.416 e. The zero-order valence-corrected chi connectivity index (χ0v) is 17.5. The summed E-state index contributed by atoms with van der Waals surface area (Å²) in [6, 6.07) is 11.6. The Morgan fingerprint density at radius 2 is 1.81 bits per heavy atom. The van der Waals surface area contributed by atoms with E-state index in [0.29, 0.717) is 25.4 Å². The Morgan fingerprint density at radius 3 is 2.45 bits per heavy atom. The SMILES string of the molecule is O=C(N1CCN(C2CC2)c2ccccc21)C1(OCc2cc(C(F)(F)F)ccc2Cl)CC1. The number of carbonyl (C=O) groups is 1. The van der Waals surface area contributed by atoms with Gasteiger partial charge in [-0.3, -0.25) is 4.79 Å². The fourth-order valence-electron chi connectivity index (χ4n) is 4.22. The van der Waals surface area contributed by atoms with E-state index in [1.807, 2.05) is 24.3 Å². The first-order valence-corrected chi connectivity index (χ1v) is 10.8. The molecule has 164 valence electrons. The zero-order valence-electron chi connectivity index (χ0n) is 16.8. The summed E-state index contributed by atoms with van der Waals surface area (Å²) in [5.74, 6) is -0.126. The molecule has 2 aromatic carbocycles. The van der Waals surface area contributed by atoms with Crippen LogP contribution in [-0.2, 0) is 22.3 Å². The summed E-state index contributed by atoms with van der Waals surface area (Å²) >= 11 is 6.09. The molecule has 0 spiro atoms. The van der Waals surface area contributed by atoms with Crippen LogP contribution < -0.4 is 9.80 Å². The molecule has 3 aliphatic rings. The predicted octanol–water partition coefficient (Wildman–Crippen LogP) is 5.42. The first-order valence-electron chi connectivity index (χ1n) is 10.5. The molecule has 8 heteroatoms. The molecule has 0 aromatic heterocycles. The maximum absolute atomic E-state index is 13.4. The third kappa shape index (κ3) is 3.89. The number of ether oxygens (including phenoxy) is 1. The van der Waals surface area contributed by atoms with Crippen LogP contribution in [0.25, 0.3) is 0 Å². The number of hydrogen-bond acceptors (Lipinski definition) is 3. The molecular weight excluding hydrogens is 429 g/mol. The molecule has 2 aliphatic carbocycles. The number of para-hydroxylation sites is 2. The lowest BCUT2D eigenvalue weighted by Crippen LogP contribution is -2.49. The molecule has 0 N–H and O–H groups in total. The van der Waals surface area contributed by atoms with Gasteiger partial charge in [0.25, 0.3) is 5.91 Å². The van der Waals surface area contributed by atoms with Crippen molar-refractivity contribution in [3.8, 4) is 0 Å². The van der Waals surface area contributed by atoms with Gasteiger partial charge in [-0.05, 0) is 61.6 Å². The summed E-state index contributed by atoms with van der Waals surface area (Å²) in [4.78, 5) is 17.6. The van der Waals surface area contributed by atoms with E-state index in [9.17, 15) is 18.0 Å². The molecule has 0 atom stereocenters. The molecule has 2 fully saturated rings. The molecule has 0 saturated heterocycles. The number of nitrogens with zero attached hydrogens (tertiary/aromatic N) is 2. The van der Waals surface area contributed by atoms with E-state index in [2.05, 4.69) is 4.90 Å². The number of amides is 1. The van der Waals surface area contributed by atoms with Crippen molar-refractivity contribution in [2.75, 3.05) is 22.9 Å². The Hall–Kier alpha value is -2.25. The van der Waals surface area contributed by atoms with Crippen LogP contribution in [0.3, 0.4) is 0 Å². The molecule has 1 amide bonds. The minimum Gasteiger partial charge on any atom is -0.365 e. The smallest absolute Gasteiger partial charge is 0.365 e. The number of carbonyl (C=O) groups excluding carboxylic acids is 1. The monoisotopic (exact) mass is 450 g/mol. The van der Waals surface area contributed by atoms with Crippen LogP contribution in [0.5, 0.6) is 0 Å². The minimum absolute atomic E-state index is 0.126. The highest BCUT2D eigenvalue weighted by atomic mass is 35.5. The molecular formula is C23H22ClF3N2O2. The number of benzene rings is 2. The van der Waals surface area contributed by atoms with Gasteiger partial charge in [-0.2, -0.15) is 13.2 Å². The largest absolute Gasteiger partial charge is 0.416 e. The molecule has 5 rings (SSSR count). The molecule has 2 saturated carbocycles. The van der Waals surface area contributed by atoms with Gasteiger partial charge in [0.05, 0.1) is 23.5 Å². The summed E-state index contributed by atoms with van der Waals surface area (Å²) in [7, 11) is 0. The lowest BCUT2D eigenvalue weighted by atomic mass is 10.1. The predicted molar refractivity (Wildman–Crippen MR) is 112 cm³/mol. The highest BCUT2D eigenvalue weighted by Gasteiger charge is 2.54. The van der Waals surface area contributed by atoms with Gasteiger partial charge in [0, 0.05) is 24.2 Å². The van der Waals surface area contributed by atoms with Gasteiger partial charge < -0.3 is 14.5 Å². The van der Waals surface area contributed by atoms with Crippen LogP contribution in [0.4, 0.5) is 24.5 Å². The van der Waals surface area contributed by atoms with Crippen LogP contribution in [0.1, 0.15) is 36.8 Å². The number of alkyl halides is 3. The lowest BCUT2D eigenvalue weighted by molar-refractivity contribution is -0.138. The first-order chi connectivity index (χ1) is 14.8. The second-order valence-electron chi connectivity index (χ2n) is 8.46. The van der Waals surface area contributed by atoms with Crippen molar-refractivity contribution in [2.24, 2.45) is 0 Å². The van der Waals surface area contributed by atoms with E-state index >= 15 is 0 Å². The van der Waals surface area contributed by atoms with E-state index in [4.69, 9.17) is 16.3 Å². The topological polar surface area (TPSA) is 32.8 Å². The fourth-order valence-corrected chi connectivity index (χ4v) is 4.39. The molecule has 1 aliphatic heterocycles. The van der Waals surface area contributed by atoms with Gasteiger partial charge in [0.2, 0.25) is 0 Å². The summed E-state index contributed by atoms with van der Waals surface area (Å²) in [5.41, 5.74) is 0.386. The third-order valence-corrected chi connectivity index (χ3v) is 6.62. The van der Waals surface area contributed by atoms with Gasteiger partial charge in [0.15, 0.2) is 0 Å². The van der Waals surface area contributed by atoms with E-state index < -0.39 is 17.3 Å². The summed E-state index contributed by atoms with van der Waals surface area (Å²) < 4.78 is 45.1. The molecule has 0 unspecified atom stereocenters. The highest BCUT2D eigenvalue weighted by molar-refractivity contribution is 6.31. The number of anilines is 2. The molecule has 2 aromatic rings. The van der Waals surface area contributed by atoms with Crippen LogP contribution >= 0.6 is 11.6 Å². The Labute approximate surface area is 183 Å². The van der Waals surface area contributed by atoms with Gasteiger partial charge in [-0.25, -0.2) is 0 Å². The number of hydrogen-bond donors (Lipinski definition) is 0. The summed E-state index contributed by atoms with van der Waals surface area (Å²) in [5, 5.41) is 0.194. The van der Waals surface area contributed by atoms with Crippen LogP contribution in [0, 0.1) is 0 Å². The van der Waals surface area contributed by atoms with E-state index in [1.165, 1.54) is 18.9 Å². The van der Waals surface area contributed by atoms with Crippen molar-refractivity contribution in [2.45, 2.75) is 50.1 Å². The number of fused-ring (bicyclic) bond motifs is 1. The van der Waals surface area contributed by atoms with Gasteiger partial charge >= 0.3 is 6.18 Å². The molecule has 4 nitrogen and oxygen atoms in total. The molecule has 31 heavy (non-hydrogen) atoms. The summed E-state index contributed by atoms with van der Waals surface area (Å²) in [6.45, 7) is 1.20. The second kappa shape index (κ2) is 7.41. The van der Waals surface area contributed by atoms with Crippen molar-refractivity contribution in [3.05, 3.63) is 58.6 Å². The van der Waals surface area contributed by atoms with Crippen molar-refractivity contribution >= 4 is 28.9 Å². The van der Waals surface area contributed by atoms with Crippen molar-refractivity contribution in [3.63, 3.8) is 0 Å². The first kappa shape index (κ1) is 20.6. The number of rotatable bonds is 5. The summed E-state index contributed by atoms with van der Waals surface area (Å²) in [6.07, 6.45) is -1.02. The highest BCUT2D eigenvalue weighted by Crippen LogP contribution is 2.46. The Morgan fingerprint density at radius 1 is 1.10 bits per heavy atom. The van der Waals surface area contributed by atoms with Crippen LogP contribution in [0.15, 0.2) is 42.5 Å². The Bertz CT molecular complexity index is 1020. The van der Waals surface area contributed by atoms with Crippen LogP contribution in [-0.4, -0.2) is 30.6 Å². The van der Waals surface area contributed by atoms with Crippen molar-refractivity contribution < 1.29 is 22.7 Å². The third-order valence-electron chi connectivity index (χ3n) is 6.25. The van der Waals surface area contributed by atoms with Crippen LogP contribution in [0.2, 0.25) is 5.02 Å². The molecule has 0 radical (unpaired) electrons. The Balaban J connectivity index is 1.34. The van der Waals surface area contributed by atoms with E-state index in [0.717, 1.165) is 30.1 Å². The van der Waals surface area contributed by atoms with Crippen molar-refractivity contribution in [1.82, 2.24) is 0 Å². The van der Waals surface area contributed by atoms with Gasteiger partial charge in [0.1, 0.15) is 5.60 Å². The van der Waals surface area contributed by atoms with Gasteiger partial charge in [-0.1, -0.05) is 23.7 Å². The average molecular weight is 451 g/mol. The van der Waals surface area contributed by atoms with E-state index in [1.54, 1.807) is 4.90 Å². The average Bonchev–Trinajstić information content (AvgIpc) is 3.66. The normalized spacial score (nSPS) is 19.9. The molecule has 0 bridgehead atoms. The van der Waals surface area contributed by atoms with E-state index in [-0.39, 0.29) is 23.1 Å². The van der Waals surface area contributed by atoms with Gasteiger partial charge in [-0.15, -0.1) is 0 Å². The zero-order chi connectivity index (χ0) is 21.8. The fraction of sp³-hybridized carbons (Fsp3) is 0.435. The lowest BCUT2D eigenvalue weighted by Gasteiger charge is -2.39. The second-order valence-corrected chi connectivity index (χ2v) is 8.86. The molecule has 1 heterocycles. The number of halogens is 4. The minimum atomic E-state index is -4.46. The Kier molecular flexibility index (Phi) is 4.94.